The van der Waals surface area contributed by atoms with Crippen molar-refractivity contribution in [1.82, 2.24) is 0 Å². The maximum absolute atomic E-state index is 11.2. The van der Waals surface area contributed by atoms with Crippen LogP contribution in [0, 0.1) is 16.7 Å². The molecule has 2 heterocycles. The molecule has 0 fully saturated rings. The van der Waals surface area contributed by atoms with E-state index in [0.717, 1.165) is 32.7 Å². The van der Waals surface area contributed by atoms with Crippen LogP contribution < -0.4 is 11.1 Å². The summed E-state index contributed by atoms with van der Waals surface area (Å²) in [5.74, 6) is 1.87. The smallest absolute Gasteiger partial charge is 0.221 e. The molecule has 0 saturated heterocycles. The van der Waals surface area contributed by atoms with Crippen molar-refractivity contribution in [3.05, 3.63) is 40.4 Å². The zero-order chi connectivity index (χ0) is 19.6. The van der Waals surface area contributed by atoms with E-state index < -0.39 is 11.5 Å². The number of aliphatic imine (C=N–C) groups is 2. The van der Waals surface area contributed by atoms with Gasteiger partial charge in [-0.15, -0.1) is 23.5 Å². The maximum atomic E-state index is 11.2. The Balaban J connectivity index is 2.09. The topological polar surface area (TPSA) is 104 Å². The van der Waals surface area contributed by atoms with Crippen LogP contribution in [0.25, 0.3) is 0 Å². The lowest BCUT2D eigenvalue weighted by molar-refractivity contribution is -0.114. The van der Waals surface area contributed by atoms with Crippen LogP contribution in [0.4, 0.5) is 5.69 Å². The normalized spacial score (nSPS) is 23.6. The number of anilines is 1. The summed E-state index contributed by atoms with van der Waals surface area (Å²) in [5, 5.41) is 14.6. The van der Waals surface area contributed by atoms with E-state index in [2.05, 4.69) is 23.3 Å². The van der Waals surface area contributed by atoms with E-state index >= 15 is 0 Å². The highest BCUT2D eigenvalue weighted by Crippen LogP contribution is 2.56. The van der Waals surface area contributed by atoms with Gasteiger partial charge in [0.1, 0.15) is 16.9 Å². The Kier molecular flexibility index (Phi) is 5.63. The fourth-order valence-electron chi connectivity index (χ4n) is 3.30. The van der Waals surface area contributed by atoms with Crippen LogP contribution in [0.5, 0.6) is 0 Å². The molecule has 1 amide bonds. The first kappa shape index (κ1) is 19.5. The minimum Gasteiger partial charge on any atom is -0.385 e. The van der Waals surface area contributed by atoms with Gasteiger partial charge < -0.3 is 11.1 Å². The summed E-state index contributed by atoms with van der Waals surface area (Å²) in [6.07, 6.45) is 0. The molecule has 0 radical (unpaired) electrons. The van der Waals surface area contributed by atoms with E-state index in [1.165, 1.54) is 6.92 Å². The number of nitrogens with two attached hydrogens (primary N) is 1. The first-order valence-corrected chi connectivity index (χ1v) is 10.7. The van der Waals surface area contributed by atoms with E-state index in [0.29, 0.717) is 11.5 Å². The third kappa shape index (κ3) is 3.26. The van der Waals surface area contributed by atoms with Crippen molar-refractivity contribution in [2.45, 2.75) is 26.8 Å². The van der Waals surface area contributed by atoms with Crippen molar-refractivity contribution >= 4 is 46.0 Å². The number of thioether (sulfide) groups is 2. The Bertz CT molecular complexity index is 898. The first-order valence-electron chi connectivity index (χ1n) is 8.69. The highest BCUT2D eigenvalue weighted by molar-refractivity contribution is 8.14. The summed E-state index contributed by atoms with van der Waals surface area (Å²) in [4.78, 5) is 20.7. The van der Waals surface area contributed by atoms with Crippen LogP contribution in [0.2, 0.25) is 0 Å². The van der Waals surface area contributed by atoms with E-state index in [1.54, 1.807) is 23.5 Å². The highest BCUT2D eigenvalue weighted by Gasteiger charge is 2.57. The summed E-state index contributed by atoms with van der Waals surface area (Å²) in [6.45, 7) is 5.57. The molecule has 2 aliphatic heterocycles. The van der Waals surface area contributed by atoms with Crippen LogP contribution in [-0.4, -0.2) is 28.3 Å². The Morgan fingerprint density at radius 2 is 1.96 bits per heavy atom. The quantitative estimate of drug-likeness (QED) is 0.786. The fraction of sp³-hybridized carbons (Fsp3) is 0.368. The summed E-state index contributed by atoms with van der Waals surface area (Å²) in [6, 6.07) is 9.39. The molecule has 6 nitrogen and oxygen atoms in total. The first-order chi connectivity index (χ1) is 13.0. The molecule has 2 aliphatic rings. The number of amides is 1. The predicted molar refractivity (Wildman–Crippen MR) is 114 cm³/mol. The lowest BCUT2D eigenvalue weighted by Gasteiger charge is -2.25. The molecular weight excluding hydrogens is 378 g/mol. The van der Waals surface area contributed by atoms with Crippen LogP contribution in [-0.2, 0) is 4.79 Å². The van der Waals surface area contributed by atoms with Gasteiger partial charge >= 0.3 is 0 Å². The minimum absolute atomic E-state index is 0.129. The molecule has 0 aliphatic carbocycles. The number of hydrogen-bond donors (Lipinski definition) is 2. The number of carbonyl (C=O) groups is 1. The van der Waals surface area contributed by atoms with Crippen molar-refractivity contribution in [2.24, 2.45) is 21.1 Å². The summed E-state index contributed by atoms with van der Waals surface area (Å²) in [5.41, 5.74) is 7.65. The second kappa shape index (κ2) is 7.79. The van der Waals surface area contributed by atoms with Crippen molar-refractivity contribution in [3.63, 3.8) is 0 Å². The van der Waals surface area contributed by atoms with Gasteiger partial charge in [0.2, 0.25) is 5.91 Å². The third-order valence-corrected chi connectivity index (χ3v) is 6.12. The number of hydrogen-bond acceptors (Lipinski definition) is 7. The number of rotatable bonds is 5. The average Bonchev–Trinajstić information content (AvgIpc) is 3.10. The van der Waals surface area contributed by atoms with Gasteiger partial charge in [0.05, 0.1) is 11.1 Å². The van der Waals surface area contributed by atoms with E-state index in [1.807, 2.05) is 31.2 Å². The summed E-state index contributed by atoms with van der Waals surface area (Å²) >= 11 is 3.20. The SMILES string of the molecule is CCSC1=N[C@H](c2ccc(NC(C)=O)cc2)[C@@]2(C#N)C(N)=NC(SCC)=C12. The van der Waals surface area contributed by atoms with Gasteiger partial charge in [-0.1, -0.05) is 26.0 Å². The number of nitrogens with one attached hydrogen (secondary N) is 1. The maximum Gasteiger partial charge on any atom is 0.221 e. The third-order valence-electron chi connectivity index (χ3n) is 4.39. The predicted octanol–water partition coefficient (Wildman–Crippen LogP) is 3.70. The number of amidine groups is 1. The molecular formula is C19H21N5OS2. The number of nitrogens with zero attached hydrogens (tertiary/aromatic N) is 3. The average molecular weight is 400 g/mol. The van der Waals surface area contributed by atoms with Gasteiger partial charge in [-0.3, -0.25) is 9.79 Å². The van der Waals surface area contributed by atoms with E-state index in [-0.39, 0.29) is 5.91 Å². The van der Waals surface area contributed by atoms with Crippen molar-refractivity contribution in [3.8, 4) is 6.07 Å². The van der Waals surface area contributed by atoms with E-state index in [9.17, 15) is 10.1 Å². The molecule has 0 spiro atoms. The Morgan fingerprint density at radius 3 is 2.52 bits per heavy atom. The van der Waals surface area contributed by atoms with Crippen LogP contribution in [0.15, 0.2) is 44.9 Å². The standard InChI is InChI=1S/C19H21N5OS2/c1-4-26-16-14-17(27-5-2)24-18(21)19(14,10-20)15(23-16)12-6-8-13(9-7-12)22-11(3)25/h6-9,15H,4-5H2,1-3H3,(H2,21,24)(H,22,25)/t15-,19+/m1/s1. The second-order valence-corrected chi connectivity index (χ2v) is 8.61. The minimum atomic E-state index is -1.06. The lowest BCUT2D eigenvalue weighted by Crippen LogP contribution is -2.38. The number of carbonyl (C=O) groups excluding carboxylic acids is 1. The molecule has 1 aromatic carbocycles. The molecule has 27 heavy (non-hydrogen) atoms. The molecule has 0 unspecified atom stereocenters. The van der Waals surface area contributed by atoms with Crippen LogP contribution in [0.3, 0.4) is 0 Å². The zero-order valence-corrected chi connectivity index (χ0v) is 17.1. The van der Waals surface area contributed by atoms with Gasteiger partial charge in [0.25, 0.3) is 0 Å². The van der Waals surface area contributed by atoms with Crippen molar-refractivity contribution in [1.29, 1.82) is 5.26 Å². The molecule has 3 N–H and O–H groups in total. The Hall–Kier alpha value is -2.24. The van der Waals surface area contributed by atoms with Gasteiger partial charge in [-0.2, -0.15) is 5.26 Å². The van der Waals surface area contributed by atoms with Gasteiger partial charge in [0.15, 0.2) is 5.41 Å². The molecule has 0 aromatic heterocycles. The number of nitriles is 1. The molecule has 1 aromatic rings. The monoisotopic (exact) mass is 399 g/mol. The second-order valence-electron chi connectivity index (χ2n) is 6.10. The van der Waals surface area contributed by atoms with Gasteiger partial charge in [-0.05, 0) is 29.2 Å². The largest absolute Gasteiger partial charge is 0.385 e. The molecule has 3 rings (SSSR count). The molecule has 0 saturated carbocycles. The number of benzene rings is 1. The van der Waals surface area contributed by atoms with Crippen molar-refractivity contribution in [2.75, 3.05) is 16.8 Å². The van der Waals surface area contributed by atoms with Gasteiger partial charge in [-0.25, -0.2) is 4.99 Å². The fourth-order valence-corrected chi connectivity index (χ4v) is 5.06. The highest BCUT2D eigenvalue weighted by atomic mass is 32.2. The molecule has 0 bridgehead atoms. The zero-order valence-electron chi connectivity index (χ0n) is 15.4. The summed E-state index contributed by atoms with van der Waals surface area (Å²) in [7, 11) is 0. The molecule has 2 atom stereocenters. The summed E-state index contributed by atoms with van der Waals surface area (Å²) < 4.78 is 0. The van der Waals surface area contributed by atoms with E-state index in [4.69, 9.17) is 10.7 Å². The molecule has 140 valence electrons. The Morgan fingerprint density at radius 1 is 1.30 bits per heavy atom. The number of fused-ring (bicyclic) bond motifs is 1. The van der Waals surface area contributed by atoms with Crippen LogP contribution >= 0.6 is 23.5 Å². The van der Waals surface area contributed by atoms with Crippen molar-refractivity contribution < 1.29 is 4.79 Å². The van der Waals surface area contributed by atoms with Gasteiger partial charge in [0, 0.05) is 18.2 Å². The van der Waals surface area contributed by atoms with Crippen LogP contribution in [0.1, 0.15) is 32.4 Å². The Labute approximate surface area is 167 Å². The lowest BCUT2D eigenvalue weighted by atomic mass is 9.75. The molecule has 8 heteroatoms.